The van der Waals surface area contributed by atoms with Gasteiger partial charge < -0.3 is 25.4 Å². The average Bonchev–Trinajstić information content (AvgIpc) is 3.23. The summed E-state index contributed by atoms with van der Waals surface area (Å²) in [7, 11) is 0. The molecule has 1 saturated heterocycles. The van der Waals surface area contributed by atoms with E-state index in [-0.39, 0.29) is 6.61 Å². The lowest BCUT2D eigenvalue weighted by atomic mass is 10.1. The molecule has 9 heteroatoms. The minimum atomic E-state index is -1.19. The fourth-order valence-electron chi connectivity index (χ4n) is 3.06. The molecule has 4 N–H and O–H groups in total. The van der Waals surface area contributed by atoms with Crippen molar-refractivity contribution in [2.24, 2.45) is 0 Å². The summed E-state index contributed by atoms with van der Waals surface area (Å²) in [5, 5.41) is 32.6. The van der Waals surface area contributed by atoms with Crippen LogP contribution in [0.15, 0.2) is 43.0 Å². The van der Waals surface area contributed by atoms with E-state index in [4.69, 9.17) is 4.74 Å². The zero-order valence-electron chi connectivity index (χ0n) is 13.8. The van der Waals surface area contributed by atoms with Crippen molar-refractivity contribution in [2.75, 3.05) is 11.9 Å². The fourth-order valence-corrected chi connectivity index (χ4v) is 3.06. The molecule has 4 atom stereocenters. The Morgan fingerprint density at radius 1 is 1.08 bits per heavy atom. The smallest absolute Gasteiger partial charge is 0.167 e. The average molecular weight is 357 g/mol. The van der Waals surface area contributed by atoms with Gasteiger partial charge in [0.25, 0.3) is 0 Å². The molecule has 4 rings (SSSR count). The van der Waals surface area contributed by atoms with E-state index in [0.717, 1.165) is 5.56 Å². The number of aliphatic hydroxyl groups excluding tert-OH is 3. The van der Waals surface area contributed by atoms with Gasteiger partial charge in [0.2, 0.25) is 0 Å². The van der Waals surface area contributed by atoms with E-state index in [1.165, 1.54) is 17.2 Å². The topological polar surface area (TPSA) is 126 Å². The molecule has 1 fully saturated rings. The van der Waals surface area contributed by atoms with Gasteiger partial charge in [-0.15, -0.1) is 0 Å². The lowest BCUT2D eigenvalue weighted by Gasteiger charge is -2.16. The molecule has 3 aromatic rings. The Labute approximate surface area is 148 Å². The number of anilines is 1. The Balaban J connectivity index is 1.61. The molecule has 1 aliphatic heterocycles. The molecule has 3 unspecified atom stereocenters. The number of fused-ring (bicyclic) bond motifs is 1. The predicted molar refractivity (Wildman–Crippen MR) is 92.1 cm³/mol. The fraction of sp³-hybridized carbons (Fsp3) is 0.353. The van der Waals surface area contributed by atoms with E-state index in [1.54, 1.807) is 0 Å². The van der Waals surface area contributed by atoms with Gasteiger partial charge in [-0.3, -0.25) is 4.57 Å². The van der Waals surface area contributed by atoms with E-state index < -0.39 is 24.5 Å². The second-order valence-corrected chi connectivity index (χ2v) is 6.11. The quantitative estimate of drug-likeness (QED) is 0.505. The SMILES string of the molecule is OCC1O[C@H](n2cnc3c(NCc4ccccc4)ncnc32)C(O)C1O. The molecule has 0 amide bonds. The van der Waals surface area contributed by atoms with Crippen LogP contribution in [0.4, 0.5) is 5.82 Å². The molecule has 1 aromatic carbocycles. The molecule has 26 heavy (non-hydrogen) atoms. The van der Waals surface area contributed by atoms with Gasteiger partial charge in [0.1, 0.15) is 24.6 Å². The Bertz CT molecular complexity index is 887. The van der Waals surface area contributed by atoms with Crippen molar-refractivity contribution in [1.82, 2.24) is 19.5 Å². The molecular formula is C17H19N5O4. The van der Waals surface area contributed by atoms with Crippen LogP contribution in [0.1, 0.15) is 11.8 Å². The molecule has 0 saturated carbocycles. The number of imidazole rings is 1. The van der Waals surface area contributed by atoms with Crippen LogP contribution < -0.4 is 5.32 Å². The summed E-state index contributed by atoms with van der Waals surface area (Å²) in [5.74, 6) is 0.560. The monoisotopic (exact) mass is 357 g/mol. The minimum absolute atomic E-state index is 0.389. The maximum atomic E-state index is 10.2. The van der Waals surface area contributed by atoms with E-state index in [2.05, 4.69) is 20.3 Å². The summed E-state index contributed by atoms with van der Waals surface area (Å²) in [6.45, 7) is 0.188. The van der Waals surface area contributed by atoms with Crippen molar-refractivity contribution in [3.63, 3.8) is 0 Å². The molecule has 0 aliphatic carbocycles. The van der Waals surface area contributed by atoms with Crippen LogP contribution in [-0.2, 0) is 11.3 Å². The highest BCUT2D eigenvalue weighted by atomic mass is 16.6. The maximum absolute atomic E-state index is 10.2. The molecule has 3 heterocycles. The van der Waals surface area contributed by atoms with Gasteiger partial charge in [-0.05, 0) is 5.56 Å². The third-order valence-corrected chi connectivity index (χ3v) is 4.45. The number of ether oxygens (including phenoxy) is 1. The standard InChI is InChI=1S/C17H19N5O4/c23-7-11-13(24)14(25)17(26-11)22-9-21-12-15(19-8-20-16(12)22)18-6-10-4-2-1-3-5-10/h1-5,8-9,11,13-14,17,23-25H,6-7H2,(H,18,19,20)/t11?,13?,14?,17-/m0/s1. The van der Waals surface area contributed by atoms with Gasteiger partial charge in [-0.25, -0.2) is 15.0 Å². The Morgan fingerprint density at radius 3 is 2.62 bits per heavy atom. The van der Waals surface area contributed by atoms with Crippen LogP contribution in [0.3, 0.4) is 0 Å². The highest BCUT2D eigenvalue weighted by Gasteiger charge is 2.44. The van der Waals surface area contributed by atoms with Gasteiger partial charge in [-0.1, -0.05) is 30.3 Å². The van der Waals surface area contributed by atoms with Gasteiger partial charge >= 0.3 is 0 Å². The first-order chi connectivity index (χ1) is 12.7. The normalized spacial score (nSPS) is 25.7. The number of aromatic nitrogens is 4. The van der Waals surface area contributed by atoms with Crippen molar-refractivity contribution >= 4 is 17.0 Å². The van der Waals surface area contributed by atoms with Gasteiger partial charge in [0.05, 0.1) is 12.9 Å². The van der Waals surface area contributed by atoms with E-state index >= 15 is 0 Å². The second-order valence-electron chi connectivity index (χ2n) is 6.11. The van der Waals surface area contributed by atoms with Crippen LogP contribution >= 0.6 is 0 Å². The summed E-state index contributed by atoms with van der Waals surface area (Å²) < 4.78 is 7.08. The summed E-state index contributed by atoms with van der Waals surface area (Å²) >= 11 is 0. The van der Waals surface area contributed by atoms with E-state index in [1.807, 2.05) is 30.3 Å². The Kier molecular flexibility index (Phi) is 4.51. The van der Waals surface area contributed by atoms with Crippen molar-refractivity contribution in [3.8, 4) is 0 Å². The van der Waals surface area contributed by atoms with Crippen LogP contribution in [0.25, 0.3) is 11.2 Å². The number of benzene rings is 1. The predicted octanol–water partition coefficient (Wildman–Crippen LogP) is 0.0499. The van der Waals surface area contributed by atoms with Gasteiger partial charge in [0, 0.05) is 6.54 Å². The highest BCUT2D eigenvalue weighted by Crippen LogP contribution is 2.32. The van der Waals surface area contributed by atoms with Crippen molar-refractivity contribution in [3.05, 3.63) is 48.5 Å². The molecule has 0 spiro atoms. The van der Waals surface area contributed by atoms with Crippen LogP contribution in [0.5, 0.6) is 0 Å². The number of rotatable bonds is 5. The highest BCUT2D eigenvalue weighted by molar-refractivity contribution is 5.82. The summed E-state index contributed by atoms with van der Waals surface area (Å²) in [5.41, 5.74) is 2.09. The molecule has 136 valence electrons. The first kappa shape index (κ1) is 16.9. The van der Waals surface area contributed by atoms with Crippen LogP contribution in [0.2, 0.25) is 0 Å². The van der Waals surface area contributed by atoms with Crippen LogP contribution in [0, 0.1) is 0 Å². The van der Waals surface area contributed by atoms with Crippen molar-refractivity contribution < 1.29 is 20.1 Å². The number of nitrogens with one attached hydrogen (secondary N) is 1. The van der Waals surface area contributed by atoms with E-state index in [0.29, 0.717) is 23.5 Å². The zero-order valence-corrected chi connectivity index (χ0v) is 13.8. The van der Waals surface area contributed by atoms with Crippen molar-refractivity contribution in [1.29, 1.82) is 0 Å². The summed E-state index contributed by atoms with van der Waals surface area (Å²) in [4.78, 5) is 12.8. The van der Waals surface area contributed by atoms with Crippen molar-refractivity contribution in [2.45, 2.75) is 31.1 Å². The minimum Gasteiger partial charge on any atom is -0.394 e. The molecular weight excluding hydrogens is 338 g/mol. The number of hydrogen-bond donors (Lipinski definition) is 4. The Morgan fingerprint density at radius 2 is 1.88 bits per heavy atom. The molecule has 0 radical (unpaired) electrons. The van der Waals surface area contributed by atoms with E-state index in [9.17, 15) is 15.3 Å². The Hall–Kier alpha value is -2.59. The summed E-state index contributed by atoms with van der Waals surface area (Å²) in [6, 6.07) is 9.88. The molecule has 0 bridgehead atoms. The lowest BCUT2D eigenvalue weighted by Crippen LogP contribution is -2.33. The second kappa shape index (κ2) is 6.96. The van der Waals surface area contributed by atoms with Crippen LogP contribution in [-0.4, -0.2) is 59.8 Å². The number of hydrogen-bond acceptors (Lipinski definition) is 8. The molecule has 9 nitrogen and oxygen atoms in total. The lowest BCUT2D eigenvalue weighted by molar-refractivity contribution is -0.0511. The number of nitrogens with zero attached hydrogens (tertiary/aromatic N) is 4. The van der Waals surface area contributed by atoms with Gasteiger partial charge in [-0.2, -0.15) is 0 Å². The zero-order chi connectivity index (χ0) is 18.1. The first-order valence-corrected chi connectivity index (χ1v) is 8.27. The molecule has 1 aliphatic rings. The maximum Gasteiger partial charge on any atom is 0.167 e. The largest absolute Gasteiger partial charge is 0.394 e. The summed E-state index contributed by atoms with van der Waals surface area (Å²) in [6.07, 6.45) is -1.24. The third-order valence-electron chi connectivity index (χ3n) is 4.45. The first-order valence-electron chi connectivity index (χ1n) is 8.27. The third kappa shape index (κ3) is 2.90. The van der Waals surface area contributed by atoms with Gasteiger partial charge in [0.15, 0.2) is 23.2 Å². The molecule has 2 aromatic heterocycles. The number of aliphatic hydroxyl groups is 3.